The van der Waals surface area contributed by atoms with Gasteiger partial charge in [0.25, 0.3) is 5.56 Å². The predicted octanol–water partition coefficient (Wildman–Crippen LogP) is 0.191. The molecule has 0 amide bonds. The molecule has 1 aromatic heterocycles. The van der Waals surface area contributed by atoms with E-state index in [4.69, 9.17) is 10.4 Å². The topological polar surface area (TPSA) is 66.0 Å². The van der Waals surface area contributed by atoms with Crippen molar-refractivity contribution in [3.63, 3.8) is 0 Å². The summed E-state index contributed by atoms with van der Waals surface area (Å²) >= 11 is 0. The molecule has 0 radical (unpaired) electrons. The van der Waals surface area contributed by atoms with Gasteiger partial charge in [0, 0.05) is 12.1 Å². The van der Waals surface area contributed by atoms with Crippen LogP contribution in [0.5, 0.6) is 5.88 Å². The summed E-state index contributed by atoms with van der Waals surface area (Å²) in [6.07, 6.45) is 1.54. The molecule has 0 aliphatic heterocycles. The van der Waals surface area contributed by atoms with Crippen LogP contribution in [0.15, 0.2) is 16.9 Å². The monoisotopic (exact) mass is 150 g/mol. The average Bonchev–Trinajstić information content (AvgIpc) is 1.85. The molecule has 0 fully saturated rings. The fourth-order valence-electron chi connectivity index (χ4n) is 0.783. The van der Waals surface area contributed by atoms with Crippen molar-refractivity contribution in [3.8, 4) is 12.1 Å². The zero-order valence-corrected chi connectivity index (χ0v) is 5.90. The summed E-state index contributed by atoms with van der Waals surface area (Å²) < 4.78 is 0.618. The Balaban J connectivity index is 3.53. The van der Waals surface area contributed by atoms with Gasteiger partial charge in [0.15, 0.2) is 6.19 Å². The zero-order valence-electron chi connectivity index (χ0n) is 5.90. The van der Waals surface area contributed by atoms with Gasteiger partial charge in [0.1, 0.15) is 0 Å². The number of pyridine rings is 1. The summed E-state index contributed by atoms with van der Waals surface area (Å²) in [4.78, 5) is 10.9. The Morgan fingerprint density at radius 1 is 1.64 bits per heavy atom. The maximum atomic E-state index is 10.9. The molecule has 1 N–H and O–H groups in total. The molecule has 56 valence electrons. The van der Waals surface area contributed by atoms with Crippen molar-refractivity contribution in [1.29, 1.82) is 5.26 Å². The summed E-state index contributed by atoms with van der Waals surface area (Å²) in [6.45, 7) is 1.67. The highest BCUT2D eigenvalue weighted by Gasteiger charge is 2.00. The maximum Gasteiger partial charge on any atom is 0.267 e. The van der Waals surface area contributed by atoms with Crippen LogP contribution in [0.4, 0.5) is 0 Å². The van der Waals surface area contributed by atoms with Crippen LogP contribution in [-0.4, -0.2) is 9.67 Å². The van der Waals surface area contributed by atoms with Crippen LogP contribution >= 0.6 is 0 Å². The summed E-state index contributed by atoms with van der Waals surface area (Å²) in [7, 11) is 0. The normalized spacial score (nSPS) is 9.09. The first-order valence-electron chi connectivity index (χ1n) is 2.98. The highest BCUT2D eigenvalue weighted by Crippen LogP contribution is 2.05. The van der Waals surface area contributed by atoms with Crippen LogP contribution in [0.3, 0.4) is 0 Å². The number of nitrogens with zero attached hydrogens (tertiary/aromatic N) is 2. The first-order valence-corrected chi connectivity index (χ1v) is 2.98. The number of aromatic nitrogens is 1. The van der Waals surface area contributed by atoms with Gasteiger partial charge in [0.2, 0.25) is 5.88 Å². The summed E-state index contributed by atoms with van der Waals surface area (Å²) in [6, 6.07) is 2.63. The van der Waals surface area contributed by atoms with Crippen molar-refractivity contribution in [2.24, 2.45) is 0 Å². The molecule has 11 heavy (non-hydrogen) atoms. The number of rotatable bonds is 0. The zero-order chi connectivity index (χ0) is 8.43. The SMILES string of the molecule is Cc1cc(O)n(C#N)c(=O)c1. The molecule has 0 spiro atoms. The molecule has 1 heterocycles. The molecule has 0 saturated heterocycles. The van der Waals surface area contributed by atoms with Gasteiger partial charge in [-0.3, -0.25) is 4.79 Å². The fourth-order valence-corrected chi connectivity index (χ4v) is 0.783. The summed E-state index contributed by atoms with van der Waals surface area (Å²) in [5.41, 5.74) is 0.129. The molecular formula is C7H6N2O2. The Kier molecular flexibility index (Phi) is 1.65. The van der Waals surface area contributed by atoms with Gasteiger partial charge < -0.3 is 5.11 Å². The third-order valence-corrected chi connectivity index (χ3v) is 1.26. The van der Waals surface area contributed by atoms with Crippen LogP contribution in [0, 0.1) is 18.4 Å². The van der Waals surface area contributed by atoms with Gasteiger partial charge in [-0.05, 0) is 12.5 Å². The van der Waals surface area contributed by atoms with Crippen LogP contribution in [0.1, 0.15) is 5.56 Å². The molecule has 0 saturated carbocycles. The molecule has 0 aromatic carbocycles. The molecule has 0 aliphatic rings. The Labute approximate surface area is 62.9 Å². The first-order chi connectivity index (χ1) is 5.15. The van der Waals surface area contributed by atoms with Crippen molar-refractivity contribution in [1.82, 2.24) is 4.57 Å². The van der Waals surface area contributed by atoms with E-state index in [-0.39, 0.29) is 5.88 Å². The standard InChI is InChI=1S/C7H6N2O2/c1-5-2-6(10)9(4-8)7(11)3-5/h2-3,10H,1H3. The van der Waals surface area contributed by atoms with Crippen molar-refractivity contribution in [3.05, 3.63) is 28.0 Å². The quantitative estimate of drug-likeness (QED) is 0.574. The Morgan fingerprint density at radius 2 is 2.27 bits per heavy atom. The maximum absolute atomic E-state index is 10.9. The van der Waals surface area contributed by atoms with Crippen LogP contribution in [0.2, 0.25) is 0 Å². The minimum atomic E-state index is -0.509. The largest absolute Gasteiger partial charge is 0.494 e. The van der Waals surface area contributed by atoms with E-state index in [9.17, 15) is 4.79 Å². The second kappa shape index (κ2) is 2.46. The molecule has 4 nitrogen and oxygen atoms in total. The number of hydrogen-bond donors (Lipinski definition) is 1. The van der Waals surface area contributed by atoms with E-state index in [1.807, 2.05) is 0 Å². The van der Waals surface area contributed by atoms with E-state index in [0.717, 1.165) is 0 Å². The third-order valence-electron chi connectivity index (χ3n) is 1.26. The van der Waals surface area contributed by atoms with Crippen LogP contribution in [0.25, 0.3) is 0 Å². The van der Waals surface area contributed by atoms with E-state index in [0.29, 0.717) is 10.1 Å². The minimum Gasteiger partial charge on any atom is -0.494 e. The fraction of sp³-hybridized carbons (Fsp3) is 0.143. The van der Waals surface area contributed by atoms with Crippen molar-refractivity contribution in [2.45, 2.75) is 6.92 Å². The average molecular weight is 150 g/mol. The third kappa shape index (κ3) is 1.22. The summed E-state index contributed by atoms with van der Waals surface area (Å²) in [5.74, 6) is -0.322. The highest BCUT2D eigenvalue weighted by atomic mass is 16.3. The number of nitriles is 1. The lowest BCUT2D eigenvalue weighted by Gasteiger charge is -1.97. The predicted molar refractivity (Wildman–Crippen MR) is 38.1 cm³/mol. The van der Waals surface area contributed by atoms with Gasteiger partial charge in [0.05, 0.1) is 0 Å². The molecule has 0 bridgehead atoms. The van der Waals surface area contributed by atoms with E-state index < -0.39 is 5.56 Å². The second-order valence-corrected chi connectivity index (χ2v) is 2.16. The van der Waals surface area contributed by atoms with Gasteiger partial charge in [-0.15, -0.1) is 0 Å². The van der Waals surface area contributed by atoms with E-state index in [1.54, 1.807) is 13.1 Å². The van der Waals surface area contributed by atoms with E-state index >= 15 is 0 Å². The number of hydrogen-bond acceptors (Lipinski definition) is 3. The van der Waals surface area contributed by atoms with Crippen molar-refractivity contribution >= 4 is 0 Å². The van der Waals surface area contributed by atoms with E-state index in [1.165, 1.54) is 12.1 Å². The molecular weight excluding hydrogens is 144 g/mol. The second-order valence-electron chi connectivity index (χ2n) is 2.16. The summed E-state index contributed by atoms with van der Waals surface area (Å²) in [5, 5.41) is 17.4. The Morgan fingerprint density at radius 3 is 2.73 bits per heavy atom. The molecule has 0 atom stereocenters. The van der Waals surface area contributed by atoms with Crippen molar-refractivity contribution < 1.29 is 5.11 Å². The number of aromatic hydroxyl groups is 1. The smallest absolute Gasteiger partial charge is 0.267 e. The van der Waals surface area contributed by atoms with Gasteiger partial charge in [-0.25, -0.2) is 0 Å². The van der Waals surface area contributed by atoms with Crippen LogP contribution < -0.4 is 5.56 Å². The first kappa shape index (κ1) is 7.35. The number of aryl methyl sites for hydroxylation is 1. The molecule has 0 aliphatic carbocycles. The molecule has 1 aromatic rings. The van der Waals surface area contributed by atoms with Gasteiger partial charge in [-0.2, -0.15) is 9.83 Å². The van der Waals surface area contributed by atoms with Crippen LogP contribution in [-0.2, 0) is 0 Å². The Bertz CT molecular complexity index is 373. The molecule has 1 rings (SSSR count). The van der Waals surface area contributed by atoms with E-state index in [2.05, 4.69) is 0 Å². The molecule has 4 heteroatoms. The van der Waals surface area contributed by atoms with Crippen molar-refractivity contribution in [2.75, 3.05) is 0 Å². The Hall–Kier alpha value is -1.76. The van der Waals surface area contributed by atoms with Gasteiger partial charge >= 0.3 is 0 Å². The molecule has 0 unspecified atom stereocenters. The lowest BCUT2D eigenvalue weighted by molar-refractivity contribution is 0.436. The lowest BCUT2D eigenvalue weighted by atomic mass is 10.3. The highest BCUT2D eigenvalue weighted by molar-refractivity contribution is 5.22. The lowest BCUT2D eigenvalue weighted by Crippen LogP contribution is -2.15. The van der Waals surface area contributed by atoms with Gasteiger partial charge in [-0.1, -0.05) is 0 Å². The minimum absolute atomic E-state index is 0.322.